The summed E-state index contributed by atoms with van der Waals surface area (Å²) in [6, 6.07) is 3.66. The summed E-state index contributed by atoms with van der Waals surface area (Å²) in [5.41, 5.74) is 1.22. The van der Waals surface area contributed by atoms with Crippen molar-refractivity contribution in [3.8, 4) is 0 Å². The fraction of sp³-hybridized carbons (Fsp3) is 0.625. The van der Waals surface area contributed by atoms with Gasteiger partial charge in [-0.2, -0.15) is 0 Å². The molecule has 1 aromatic rings. The molecular weight excluding hydrogens is 282 g/mol. The average molecular weight is 307 g/mol. The Labute approximate surface area is 128 Å². The molecule has 0 bridgehead atoms. The van der Waals surface area contributed by atoms with Crippen molar-refractivity contribution in [3.63, 3.8) is 0 Å². The number of ether oxygens (including phenoxy) is 1. The van der Waals surface area contributed by atoms with Crippen LogP contribution in [0.25, 0.3) is 0 Å². The molecule has 0 saturated heterocycles. The third kappa shape index (κ3) is 3.19. The molecule has 2 rings (SSSR count). The van der Waals surface area contributed by atoms with Crippen LogP contribution < -0.4 is 0 Å². The molecule has 1 heterocycles. The maximum Gasteiger partial charge on any atom is 0.356 e. The topological polar surface area (TPSA) is 48.4 Å². The molecule has 5 heteroatoms. The van der Waals surface area contributed by atoms with E-state index in [0.29, 0.717) is 5.69 Å². The maximum absolute atomic E-state index is 11.4. The Balaban J connectivity index is 2.20. The number of pyridine rings is 1. The first kappa shape index (κ1) is 16.2. The summed E-state index contributed by atoms with van der Waals surface area (Å²) in [6.45, 7) is 11.3. The second-order valence-electron chi connectivity index (χ2n) is 7.28. The van der Waals surface area contributed by atoms with E-state index in [0.717, 1.165) is 18.4 Å². The predicted octanol–water partition coefficient (Wildman–Crippen LogP) is 3.88. The molecule has 4 nitrogen and oxygen atoms in total. The van der Waals surface area contributed by atoms with Gasteiger partial charge in [0, 0.05) is 11.8 Å². The van der Waals surface area contributed by atoms with Crippen molar-refractivity contribution in [2.75, 3.05) is 7.11 Å². The van der Waals surface area contributed by atoms with E-state index in [-0.39, 0.29) is 10.6 Å². The van der Waals surface area contributed by atoms with Gasteiger partial charge in [-0.05, 0) is 37.0 Å². The fourth-order valence-electron chi connectivity index (χ4n) is 2.09. The van der Waals surface area contributed by atoms with Crippen LogP contribution in [0.1, 0.15) is 49.7 Å². The molecule has 1 fully saturated rings. The van der Waals surface area contributed by atoms with E-state index in [1.807, 2.05) is 6.07 Å². The van der Waals surface area contributed by atoms with Gasteiger partial charge in [-0.25, -0.2) is 9.78 Å². The van der Waals surface area contributed by atoms with Crippen molar-refractivity contribution < 1.29 is 14.0 Å². The zero-order valence-electron chi connectivity index (χ0n) is 13.8. The average Bonchev–Trinajstić information content (AvgIpc) is 3.17. The molecule has 21 heavy (non-hydrogen) atoms. The van der Waals surface area contributed by atoms with Crippen LogP contribution >= 0.6 is 0 Å². The van der Waals surface area contributed by atoms with Crippen LogP contribution in [0.2, 0.25) is 18.1 Å². The Morgan fingerprint density at radius 2 is 1.90 bits per heavy atom. The van der Waals surface area contributed by atoms with Crippen LogP contribution in [-0.4, -0.2) is 26.4 Å². The number of carbonyl (C=O) groups is 1. The van der Waals surface area contributed by atoms with E-state index >= 15 is 0 Å². The quantitative estimate of drug-likeness (QED) is 0.625. The molecule has 1 aliphatic carbocycles. The summed E-state index contributed by atoms with van der Waals surface area (Å²) in [5, 5.41) is 0.183. The van der Waals surface area contributed by atoms with Crippen LogP contribution in [0.15, 0.2) is 18.3 Å². The Kier molecular flexibility index (Phi) is 4.01. The summed E-state index contributed by atoms with van der Waals surface area (Å²) in [5.74, 6) is -0.406. The molecule has 0 aromatic carbocycles. The Bertz CT molecular complexity index is 527. The molecule has 1 saturated carbocycles. The SMILES string of the molecule is COC(=O)c1ccc(C2(O[Si](C)(C)C(C)(C)C)CC2)cn1. The molecule has 0 aliphatic heterocycles. The van der Waals surface area contributed by atoms with Gasteiger partial charge in [0.15, 0.2) is 8.32 Å². The van der Waals surface area contributed by atoms with Gasteiger partial charge in [0.2, 0.25) is 0 Å². The highest BCUT2D eigenvalue weighted by Gasteiger charge is 2.52. The first-order valence-corrected chi connectivity index (χ1v) is 10.3. The van der Waals surface area contributed by atoms with Crippen LogP contribution in [-0.2, 0) is 14.8 Å². The van der Waals surface area contributed by atoms with Crippen molar-refractivity contribution in [2.24, 2.45) is 0 Å². The number of esters is 1. The number of aromatic nitrogens is 1. The summed E-state index contributed by atoms with van der Waals surface area (Å²) in [4.78, 5) is 15.7. The molecule has 0 N–H and O–H groups in total. The lowest BCUT2D eigenvalue weighted by Crippen LogP contribution is -2.44. The normalized spacial score (nSPS) is 17.4. The summed E-state index contributed by atoms with van der Waals surface area (Å²) in [6.07, 6.45) is 3.81. The first-order chi connectivity index (χ1) is 9.61. The highest BCUT2D eigenvalue weighted by molar-refractivity contribution is 6.74. The van der Waals surface area contributed by atoms with Gasteiger partial charge in [-0.15, -0.1) is 0 Å². The van der Waals surface area contributed by atoms with Crippen molar-refractivity contribution in [3.05, 3.63) is 29.6 Å². The fourth-order valence-corrected chi connectivity index (χ4v) is 3.70. The zero-order valence-corrected chi connectivity index (χ0v) is 14.8. The van der Waals surface area contributed by atoms with Crippen LogP contribution in [0, 0.1) is 0 Å². The molecule has 0 unspecified atom stereocenters. The highest BCUT2D eigenvalue weighted by atomic mass is 28.4. The number of hydrogen-bond donors (Lipinski definition) is 0. The number of methoxy groups -OCH3 is 1. The maximum atomic E-state index is 11.4. The Morgan fingerprint density at radius 1 is 1.29 bits per heavy atom. The molecule has 0 atom stereocenters. The number of rotatable bonds is 4. The summed E-state index contributed by atoms with van der Waals surface area (Å²) >= 11 is 0. The lowest BCUT2D eigenvalue weighted by molar-refractivity contribution is 0.0593. The minimum absolute atomic E-state index is 0.183. The summed E-state index contributed by atoms with van der Waals surface area (Å²) in [7, 11) is -0.460. The smallest absolute Gasteiger partial charge is 0.356 e. The first-order valence-electron chi connectivity index (χ1n) is 7.36. The number of hydrogen-bond acceptors (Lipinski definition) is 4. The van der Waals surface area contributed by atoms with Gasteiger partial charge in [0.1, 0.15) is 5.69 Å². The van der Waals surface area contributed by atoms with Crippen molar-refractivity contribution >= 4 is 14.3 Å². The van der Waals surface area contributed by atoms with Gasteiger partial charge in [0.25, 0.3) is 0 Å². The van der Waals surface area contributed by atoms with Crippen LogP contribution in [0.3, 0.4) is 0 Å². The highest BCUT2D eigenvalue weighted by Crippen LogP contribution is 2.53. The monoisotopic (exact) mass is 307 g/mol. The van der Waals surface area contributed by atoms with E-state index in [4.69, 9.17) is 4.43 Å². The molecular formula is C16H25NO3Si. The lowest BCUT2D eigenvalue weighted by Gasteiger charge is -2.39. The molecule has 116 valence electrons. The van der Waals surface area contributed by atoms with E-state index in [1.54, 1.807) is 12.3 Å². The minimum Gasteiger partial charge on any atom is -0.464 e. The zero-order chi connectivity index (χ0) is 15.9. The van der Waals surface area contributed by atoms with Crippen LogP contribution in [0.5, 0.6) is 0 Å². The third-order valence-corrected chi connectivity index (χ3v) is 9.16. The van der Waals surface area contributed by atoms with Gasteiger partial charge in [0.05, 0.1) is 12.7 Å². The predicted molar refractivity (Wildman–Crippen MR) is 84.8 cm³/mol. The number of carbonyl (C=O) groups excluding carboxylic acids is 1. The number of nitrogens with zero attached hydrogens (tertiary/aromatic N) is 1. The second kappa shape index (κ2) is 5.21. The largest absolute Gasteiger partial charge is 0.464 e. The third-order valence-electron chi connectivity index (χ3n) is 4.64. The van der Waals surface area contributed by atoms with E-state index in [9.17, 15) is 4.79 Å². The van der Waals surface area contributed by atoms with Crippen LogP contribution in [0.4, 0.5) is 0 Å². The van der Waals surface area contributed by atoms with Crippen molar-refractivity contribution in [1.82, 2.24) is 4.98 Å². The van der Waals surface area contributed by atoms with Gasteiger partial charge in [-0.1, -0.05) is 26.8 Å². The van der Waals surface area contributed by atoms with Crippen molar-refractivity contribution in [1.29, 1.82) is 0 Å². The minimum atomic E-state index is -1.82. The molecule has 1 aromatic heterocycles. The van der Waals surface area contributed by atoms with E-state index in [1.165, 1.54) is 7.11 Å². The van der Waals surface area contributed by atoms with Crippen molar-refractivity contribution in [2.45, 2.75) is 57.3 Å². The molecule has 0 spiro atoms. The van der Waals surface area contributed by atoms with Gasteiger partial charge in [-0.3, -0.25) is 0 Å². The van der Waals surface area contributed by atoms with Gasteiger partial charge >= 0.3 is 5.97 Å². The Hall–Kier alpha value is -1.20. The molecule has 0 radical (unpaired) electrons. The molecule has 1 aliphatic rings. The standard InChI is InChI=1S/C16H25NO3Si/c1-15(2,3)21(5,6)20-16(9-10-16)12-7-8-13(17-11-12)14(18)19-4/h7-8,11H,9-10H2,1-6H3. The molecule has 0 amide bonds. The Morgan fingerprint density at radius 3 is 2.29 bits per heavy atom. The summed E-state index contributed by atoms with van der Waals surface area (Å²) < 4.78 is 11.3. The van der Waals surface area contributed by atoms with E-state index < -0.39 is 14.3 Å². The van der Waals surface area contributed by atoms with E-state index in [2.05, 4.69) is 43.6 Å². The lowest BCUT2D eigenvalue weighted by atomic mass is 10.1. The second-order valence-corrected chi connectivity index (χ2v) is 12.0. The van der Waals surface area contributed by atoms with Gasteiger partial charge < -0.3 is 9.16 Å².